The van der Waals surface area contributed by atoms with Gasteiger partial charge in [0.1, 0.15) is 0 Å². The van der Waals surface area contributed by atoms with Crippen LogP contribution in [0.1, 0.15) is 25.0 Å². The lowest BCUT2D eigenvalue weighted by molar-refractivity contribution is 0.662. The average molecular weight is 717 g/mol. The van der Waals surface area contributed by atoms with E-state index in [4.69, 9.17) is 15.0 Å². The van der Waals surface area contributed by atoms with Gasteiger partial charge in [0.2, 0.25) is 0 Å². The van der Waals surface area contributed by atoms with E-state index in [0.29, 0.717) is 17.5 Å². The summed E-state index contributed by atoms with van der Waals surface area (Å²) < 4.78 is 2.42. The Bertz CT molecular complexity index is 3100. The van der Waals surface area contributed by atoms with Gasteiger partial charge in [0, 0.05) is 38.3 Å². The van der Waals surface area contributed by atoms with Crippen molar-refractivity contribution in [2.24, 2.45) is 0 Å². The van der Waals surface area contributed by atoms with Crippen LogP contribution in [0.2, 0.25) is 0 Å². The molecule has 264 valence electrons. The summed E-state index contributed by atoms with van der Waals surface area (Å²) in [6, 6.07) is 64.9. The van der Waals surface area contributed by atoms with E-state index in [9.17, 15) is 0 Å². The maximum atomic E-state index is 5.10. The van der Waals surface area contributed by atoms with Crippen molar-refractivity contribution < 1.29 is 0 Å². The minimum absolute atomic E-state index is 0.132. The molecule has 0 bridgehead atoms. The molecule has 0 fully saturated rings. The maximum absolute atomic E-state index is 5.10. The number of aromatic nitrogens is 4. The largest absolute Gasteiger partial charge is 0.309 e. The molecule has 0 N–H and O–H groups in total. The molecule has 11 rings (SSSR count). The van der Waals surface area contributed by atoms with Crippen LogP contribution >= 0.6 is 0 Å². The van der Waals surface area contributed by atoms with Crippen LogP contribution in [-0.4, -0.2) is 19.5 Å². The summed E-state index contributed by atoms with van der Waals surface area (Å²) in [7, 11) is 0. The molecule has 4 nitrogen and oxygen atoms in total. The second-order valence-corrected chi connectivity index (χ2v) is 15.2. The molecule has 8 aromatic carbocycles. The van der Waals surface area contributed by atoms with Gasteiger partial charge in [-0.15, -0.1) is 0 Å². The smallest absolute Gasteiger partial charge is 0.164 e. The van der Waals surface area contributed by atoms with E-state index in [1.165, 1.54) is 49.5 Å². The first-order valence-corrected chi connectivity index (χ1v) is 19.2. The Morgan fingerprint density at radius 2 is 0.911 bits per heavy atom. The number of benzene rings is 8. The van der Waals surface area contributed by atoms with Crippen molar-refractivity contribution >= 4 is 32.6 Å². The average Bonchev–Trinajstić information content (AvgIpc) is 3.71. The highest BCUT2D eigenvalue weighted by Gasteiger charge is 2.37. The molecule has 0 radical (unpaired) electrons. The summed E-state index contributed by atoms with van der Waals surface area (Å²) >= 11 is 0. The van der Waals surface area contributed by atoms with Crippen molar-refractivity contribution in [2.45, 2.75) is 19.3 Å². The molecular formula is C52H36N4. The summed E-state index contributed by atoms with van der Waals surface area (Å²) in [5.74, 6) is 1.94. The quantitative estimate of drug-likeness (QED) is 0.178. The fourth-order valence-electron chi connectivity index (χ4n) is 9.02. The third-order valence-corrected chi connectivity index (χ3v) is 11.6. The van der Waals surface area contributed by atoms with Crippen LogP contribution in [-0.2, 0) is 5.41 Å². The fourth-order valence-corrected chi connectivity index (χ4v) is 9.02. The Morgan fingerprint density at radius 1 is 0.393 bits per heavy atom. The van der Waals surface area contributed by atoms with E-state index in [-0.39, 0.29) is 5.41 Å². The normalized spacial score (nSPS) is 13.0. The second kappa shape index (κ2) is 12.4. The predicted octanol–water partition coefficient (Wildman–Crippen LogP) is 13.1. The zero-order valence-electron chi connectivity index (χ0n) is 31.1. The Balaban J connectivity index is 1.17. The molecule has 0 unspecified atom stereocenters. The van der Waals surface area contributed by atoms with Crippen molar-refractivity contribution in [3.8, 4) is 62.1 Å². The highest BCUT2D eigenvalue weighted by molar-refractivity contribution is 6.13. The standard InChI is InChI=1S/C52H36N4/c1-52(2)44-25-12-11-22-40(44)41-24-14-23-39(48(41)52)36-27-29-46-42(31-36)43-32-37(28-30-47(43)56(46)45-26-13-20-33-15-9-10-21-38(33)45)51-54-49(34-16-5-3-6-17-34)53-50(55-51)35-18-7-4-8-19-35/h3-32H,1-2H3. The zero-order valence-corrected chi connectivity index (χ0v) is 31.1. The Hall–Kier alpha value is -7.17. The molecule has 0 saturated heterocycles. The van der Waals surface area contributed by atoms with Gasteiger partial charge < -0.3 is 4.57 Å². The van der Waals surface area contributed by atoms with Gasteiger partial charge in [-0.3, -0.25) is 0 Å². The number of hydrogen-bond acceptors (Lipinski definition) is 3. The van der Waals surface area contributed by atoms with Crippen molar-refractivity contribution in [2.75, 3.05) is 0 Å². The number of nitrogens with zero attached hydrogens (tertiary/aromatic N) is 4. The molecule has 1 aliphatic carbocycles. The van der Waals surface area contributed by atoms with Crippen LogP contribution < -0.4 is 0 Å². The van der Waals surface area contributed by atoms with Crippen LogP contribution in [0.5, 0.6) is 0 Å². The van der Waals surface area contributed by atoms with Crippen molar-refractivity contribution in [3.05, 3.63) is 193 Å². The van der Waals surface area contributed by atoms with Gasteiger partial charge >= 0.3 is 0 Å². The third-order valence-electron chi connectivity index (χ3n) is 11.6. The second-order valence-electron chi connectivity index (χ2n) is 15.2. The molecule has 0 amide bonds. The summed E-state index contributed by atoms with van der Waals surface area (Å²) in [5, 5.41) is 4.74. The summed E-state index contributed by atoms with van der Waals surface area (Å²) in [6.45, 7) is 4.72. The van der Waals surface area contributed by atoms with E-state index in [1.54, 1.807) is 0 Å². The molecule has 2 heterocycles. The summed E-state index contributed by atoms with van der Waals surface area (Å²) in [6.07, 6.45) is 0. The van der Waals surface area contributed by atoms with Crippen molar-refractivity contribution in [1.82, 2.24) is 19.5 Å². The number of fused-ring (bicyclic) bond motifs is 7. The Labute approximate surface area is 325 Å². The van der Waals surface area contributed by atoms with E-state index in [2.05, 4.69) is 164 Å². The Morgan fingerprint density at radius 3 is 1.62 bits per heavy atom. The molecule has 10 aromatic rings. The lowest BCUT2D eigenvalue weighted by Crippen LogP contribution is -2.16. The van der Waals surface area contributed by atoms with Gasteiger partial charge in [0.05, 0.1) is 16.7 Å². The molecule has 2 aromatic heterocycles. The first-order chi connectivity index (χ1) is 27.5. The molecule has 56 heavy (non-hydrogen) atoms. The van der Waals surface area contributed by atoms with Crippen LogP contribution in [0.4, 0.5) is 0 Å². The molecular weight excluding hydrogens is 681 g/mol. The molecule has 0 atom stereocenters. The number of rotatable bonds is 5. The maximum Gasteiger partial charge on any atom is 0.164 e. The predicted molar refractivity (Wildman–Crippen MR) is 231 cm³/mol. The first kappa shape index (κ1) is 32.3. The summed E-state index contributed by atoms with van der Waals surface area (Å²) in [5.41, 5.74) is 14.0. The van der Waals surface area contributed by atoms with Crippen molar-refractivity contribution in [1.29, 1.82) is 0 Å². The highest BCUT2D eigenvalue weighted by atomic mass is 15.0. The highest BCUT2D eigenvalue weighted by Crippen LogP contribution is 2.52. The number of hydrogen-bond donors (Lipinski definition) is 0. The third kappa shape index (κ3) is 4.96. The van der Waals surface area contributed by atoms with E-state index in [0.717, 1.165) is 38.8 Å². The first-order valence-electron chi connectivity index (χ1n) is 19.2. The SMILES string of the molecule is CC1(C)c2ccccc2-c2cccc(-c3ccc4c(c3)c3cc(-c5nc(-c6ccccc6)nc(-c6ccccc6)n5)ccc3n4-c3cccc4ccccc34)c21. The van der Waals surface area contributed by atoms with E-state index >= 15 is 0 Å². The van der Waals surface area contributed by atoms with Gasteiger partial charge in [-0.2, -0.15) is 0 Å². The lowest BCUT2D eigenvalue weighted by Gasteiger charge is -2.24. The zero-order chi connectivity index (χ0) is 37.4. The Kier molecular flexibility index (Phi) is 7.17. The molecule has 0 saturated carbocycles. The molecule has 4 heteroatoms. The van der Waals surface area contributed by atoms with E-state index in [1.807, 2.05) is 36.4 Å². The monoisotopic (exact) mass is 716 g/mol. The van der Waals surface area contributed by atoms with Gasteiger partial charge in [0.25, 0.3) is 0 Å². The topological polar surface area (TPSA) is 43.6 Å². The van der Waals surface area contributed by atoms with Gasteiger partial charge in [-0.05, 0) is 75.2 Å². The van der Waals surface area contributed by atoms with E-state index < -0.39 is 0 Å². The van der Waals surface area contributed by atoms with Gasteiger partial charge in [-0.1, -0.05) is 159 Å². The molecule has 1 aliphatic rings. The fraction of sp³-hybridized carbons (Fsp3) is 0.0577. The lowest BCUT2D eigenvalue weighted by atomic mass is 9.79. The van der Waals surface area contributed by atoms with Crippen LogP contribution in [0.15, 0.2) is 182 Å². The van der Waals surface area contributed by atoms with Gasteiger partial charge in [-0.25, -0.2) is 15.0 Å². The van der Waals surface area contributed by atoms with Crippen molar-refractivity contribution in [3.63, 3.8) is 0 Å². The van der Waals surface area contributed by atoms with Crippen LogP contribution in [0.3, 0.4) is 0 Å². The van der Waals surface area contributed by atoms with Crippen LogP contribution in [0.25, 0.3) is 94.7 Å². The molecule has 0 aliphatic heterocycles. The summed E-state index contributed by atoms with van der Waals surface area (Å²) in [4.78, 5) is 15.2. The van der Waals surface area contributed by atoms with Crippen LogP contribution in [0, 0.1) is 0 Å². The molecule has 0 spiro atoms. The van der Waals surface area contributed by atoms with Gasteiger partial charge in [0.15, 0.2) is 17.5 Å². The minimum atomic E-state index is -0.132. The minimum Gasteiger partial charge on any atom is -0.309 e.